The van der Waals surface area contributed by atoms with E-state index >= 15 is 0 Å². The number of carboxylic acid groups (broad SMARTS) is 1. The number of nitriles is 1. The largest absolute Gasteiger partial charge is 0.477 e. The van der Waals surface area contributed by atoms with Gasteiger partial charge in [0.2, 0.25) is 0 Å². The molecule has 4 rings (SSSR count). The number of rotatable bonds is 4. The number of carboxylic acids is 1. The van der Waals surface area contributed by atoms with Gasteiger partial charge in [-0.05, 0) is 73.2 Å². The van der Waals surface area contributed by atoms with Crippen molar-refractivity contribution in [2.24, 2.45) is 0 Å². The first-order valence-corrected chi connectivity index (χ1v) is 9.19. The van der Waals surface area contributed by atoms with E-state index in [4.69, 9.17) is 17.3 Å². The molecule has 2 radical (unpaired) electrons. The molecule has 2 unspecified atom stereocenters. The molecule has 1 saturated carbocycles. The van der Waals surface area contributed by atoms with E-state index in [2.05, 4.69) is 29.2 Å². The first kappa shape index (κ1) is 17.4. The zero-order valence-electron chi connectivity index (χ0n) is 14.9. The highest BCUT2D eigenvalue weighted by Crippen LogP contribution is 2.52. The SMILES string of the molecule is [CH]Cc1ccc(N2c3ccc(/C=C(\C#N)C(=O)O)cc3C3CCCC32)cc1. The van der Waals surface area contributed by atoms with Gasteiger partial charge in [-0.1, -0.05) is 24.6 Å². The highest BCUT2D eigenvalue weighted by molar-refractivity contribution is 5.96. The van der Waals surface area contributed by atoms with Crippen LogP contribution in [0.1, 0.15) is 41.9 Å². The lowest BCUT2D eigenvalue weighted by molar-refractivity contribution is -0.132. The van der Waals surface area contributed by atoms with Crippen LogP contribution < -0.4 is 4.90 Å². The third-order valence-corrected chi connectivity index (χ3v) is 5.63. The summed E-state index contributed by atoms with van der Waals surface area (Å²) < 4.78 is 0. The quantitative estimate of drug-likeness (QED) is 0.636. The summed E-state index contributed by atoms with van der Waals surface area (Å²) in [6.45, 7) is 5.72. The molecule has 2 atom stereocenters. The van der Waals surface area contributed by atoms with E-state index in [9.17, 15) is 4.79 Å². The van der Waals surface area contributed by atoms with Crippen molar-refractivity contribution in [1.82, 2.24) is 0 Å². The number of aliphatic carboxylic acids is 1. The van der Waals surface area contributed by atoms with E-state index in [1.54, 1.807) is 6.07 Å². The second-order valence-electron chi connectivity index (χ2n) is 7.14. The molecule has 2 aromatic carbocycles. The summed E-state index contributed by atoms with van der Waals surface area (Å²) in [5.41, 5.74) is 5.21. The van der Waals surface area contributed by atoms with Gasteiger partial charge in [0, 0.05) is 23.3 Å². The molecular weight excluding hydrogens is 336 g/mol. The lowest BCUT2D eigenvalue weighted by Crippen LogP contribution is -2.26. The van der Waals surface area contributed by atoms with E-state index in [0.717, 1.165) is 29.7 Å². The number of hydrogen-bond acceptors (Lipinski definition) is 3. The van der Waals surface area contributed by atoms with Crippen molar-refractivity contribution < 1.29 is 9.90 Å². The van der Waals surface area contributed by atoms with Gasteiger partial charge in [-0.25, -0.2) is 4.79 Å². The molecule has 4 heteroatoms. The van der Waals surface area contributed by atoms with Gasteiger partial charge in [-0.2, -0.15) is 5.26 Å². The minimum atomic E-state index is -1.20. The maximum absolute atomic E-state index is 11.1. The van der Waals surface area contributed by atoms with Crippen molar-refractivity contribution in [3.05, 3.63) is 71.7 Å². The van der Waals surface area contributed by atoms with Gasteiger partial charge in [-0.15, -0.1) is 0 Å². The fourth-order valence-corrected chi connectivity index (χ4v) is 4.40. The van der Waals surface area contributed by atoms with Crippen LogP contribution >= 0.6 is 0 Å². The molecule has 134 valence electrons. The Morgan fingerprint density at radius 1 is 1.26 bits per heavy atom. The van der Waals surface area contributed by atoms with Crippen LogP contribution in [0.15, 0.2) is 48.0 Å². The van der Waals surface area contributed by atoms with Crippen molar-refractivity contribution in [2.45, 2.75) is 37.6 Å². The van der Waals surface area contributed by atoms with Crippen LogP contribution in [-0.2, 0) is 11.2 Å². The lowest BCUT2D eigenvalue weighted by atomic mass is 9.95. The second kappa shape index (κ2) is 6.92. The average molecular weight is 356 g/mol. The number of anilines is 2. The Kier molecular flexibility index (Phi) is 4.45. The molecule has 2 aromatic rings. The first-order valence-electron chi connectivity index (χ1n) is 9.19. The Morgan fingerprint density at radius 2 is 2.04 bits per heavy atom. The van der Waals surface area contributed by atoms with Crippen LogP contribution in [0.25, 0.3) is 6.08 Å². The van der Waals surface area contributed by atoms with Crippen molar-refractivity contribution in [3.63, 3.8) is 0 Å². The van der Waals surface area contributed by atoms with Crippen LogP contribution in [-0.4, -0.2) is 17.1 Å². The monoisotopic (exact) mass is 356 g/mol. The fourth-order valence-electron chi connectivity index (χ4n) is 4.40. The summed E-state index contributed by atoms with van der Waals surface area (Å²) in [5.74, 6) is -0.753. The third kappa shape index (κ3) is 3.00. The minimum absolute atomic E-state index is 0.245. The topological polar surface area (TPSA) is 64.3 Å². The summed E-state index contributed by atoms with van der Waals surface area (Å²) >= 11 is 0. The van der Waals surface area contributed by atoms with Gasteiger partial charge in [-0.3, -0.25) is 0 Å². The number of nitrogens with zero attached hydrogens (tertiary/aromatic N) is 2. The summed E-state index contributed by atoms with van der Waals surface area (Å²) in [5, 5.41) is 18.1. The van der Waals surface area contributed by atoms with Crippen LogP contribution in [0.3, 0.4) is 0 Å². The summed E-state index contributed by atoms with van der Waals surface area (Å²) in [6, 6.07) is 16.6. The predicted molar refractivity (Wildman–Crippen MR) is 105 cm³/mol. The van der Waals surface area contributed by atoms with Gasteiger partial charge in [0.25, 0.3) is 0 Å². The van der Waals surface area contributed by atoms with Gasteiger partial charge < -0.3 is 10.0 Å². The van der Waals surface area contributed by atoms with Crippen molar-refractivity contribution >= 4 is 23.4 Å². The highest BCUT2D eigenvalue weighted by Gasteiger charge is 2.42. The number of hydrogen-bond donors (Lipinski definition) is 1. The number of benzene rings is 2. The summed E-state index contributed by atoms with van der Waals surface area (Å²) in [4.78, 5) is 13.5. The highest BCUT2D eigenvalue weighted by atomic mass is 16.4. The molecule has 0 aromatic heterocycles. The Bertz CT molecular complexity index is 953. The molecule has 1 fully saturated rings. The van der Waals surface area contributed by atoms with E-state index in [1.807, 2.05) is 18.2 Å². The zero-order chi connectivity index (χ0) is 19.0. The smallest absolute Gasteiger partial charge is 0.346 e. The van der Waals surface area contributed by atoms with E-state index in [0.29, 0.717) is 18.4 Å². The van der Waals surface area contributed by atoms with Crippen LogP contribution in [0.4, 0.5) is 11.4 Å². The Labute approximate surface area is 159 Å². The number of carbonyl (C=O) groups is 1. The molecule has 27 heavy (non-hydrogen) atoms. The fraction of sp³-hybridized carbons (Fsp3) is 0.261. The van der Waals surface area contributed by atoms with Crippen LogP contribution in [0, 0.1) is 18.3 Å². The van der Waals surface area contributed by atoms with E-state index < -0.39 is 5.97 Å². The molecule has 4 nitrogen and oxygen atoms in total. The summed E-state index contributed by atoms with van der Waals surface area (Å²) in [7, 11) is 0. The molecule has 0 spiro atoms. The van der Waals surface area contributed by atoms with Crippen LogP contribution in [0.2, 0.25) is 0 Å². The van der Waals surface area contributed by atoms with Gasteiger partial charge >= 0.3 is 5.97 Å². The Hall–Kier alpha value is -3.06. The number of fused-ring (bicyclic) bond motifs is 3. The zero-order valence-corrected chi connectivity index (χ0v) is 14.9. The maximum Gasteiger partial charge on any atom is 0.346 e. The molecule has 1 N–H and O–H groups in total. The van der Waals surface area contributed by atoms with E-state index in [-0.39, 0.29) is 5.57 Å². The van der Waals surface area contributed by atoms with Crippen molar-refractivity contribution in [1.29, 1.82) is 5.26 Å². The van der Waals surface area contributed by atoms with Crippen molar-refractivity contribution in [2.75, 3.05) is 4.90 Å². The standard InChI is InChI=1S/C23H20N2O2/c1-2-15-6-9-18(10-7-15)25-21-5-3-4-19(21)20-13-16(8-11-22(20)25)12-17(14-24)23(26)27/h1,6-13,19,21H,2-5H2,(H,26,27)/b17-12+. The third-order valence-electron chi connectivity index (χ3n) is 5.63. The molecule has 1 aliphatic heterocycles. The normalized spacial score (nSPS) is 20.9. The lowest BCUT2D eigenvalue weighted by Gasteiger charge is -2.27. The first-order chi connectivity index (χ1) is 13.1. The molecule has 0 bridgehead atoms. The van der Waals surface area contributed by atoms with Crippen molar-refractivity contribution in [3.8, 4) is 6.07 Å². The van der Waals surface area contributed by atoms with Gasteiger partial charge in [0.15, 0.2) is 0 Å². The molecule has 2 aliphatic rings. The summed E-state index contributed by atoms with van der Waals surface area (Å²) in [6.07, 6.45) is 5.44. The molecule has 0 saturated heterocycles. The predicted octanol–water partition coefficient (Wildman–Crippen LogP) is 4.72. The van der Waals surface area contributed by atoms with Crippen LogP contribution in [0.5, 0.6) is 0 Å². The average Bonchev–Trinajstić information content (AvgIpc) is 3.26. The van der Waals surface area contributed by atoms with Gasteiger partial charge in [0.05, 0.1) is 0 Å². The minimum Gasteiger partial charge on any atom is -0.477 e. The Balaban J connectivity index is 1.76. The van der Waals surface area contributed by atoms with Gasteiger partial charge in [0.1, 0.15) is 11.6 Å². The Morgan fingerprint density at radius 3 is 2.70 bits per heavy atom. The second-order valence-corrected chi connectivity index (χ2v) is 7.14. The molecular formula is C23H20N2O2. The van der Waals surface area contributed by atoms with E-state index in [1.165, 1.54) is 23.7 Å². The maximum atomic E-state index is 11.1. The molecule has 1 aliphatic carbocycles. The molecule has 1 heterocycles. The molecule has 0 amide bonds.